The maximum Gasteiger partial charge on any atom is 0.214 e. The van der Waals surface area contributed by atoms with E-state index in [-0.39, 0.29) is 24.1 Å². The molecule has 0 aromatic carbocycles. The molecule has 0 saturated carbocycles. The van der Waals surface area contributed by atoms with Gasteiger partial charge < -0.3 is 0 Å². The number of hydrogen-bond acceptors (Lipinski definition) is 3. The molecule has 1 saturated heterocycles. The Labute approximate surface area is 79.2 Å². The van der Waals surface area contributed by atoms with Crippen molar-refractivity contribution in [2.45, 2.75) is 26.3 Å². The quantitative estimate of drug-likeness (QED) is 0.657. The third-order valence-corrected chi connectivity index (χ3v) is 4.44. The Morgan fingerprint density at radius 2 is 2.31 bits per heavy atom. The van der Waals surface area contributed by atoms with Gasteiger partial charge in [0.1, 0.15) is 0 Å². The first-order valence-corrected chi connectivity index (χ1v) is 5.94. The second-order valence-corrected chi connectivity index (χ2v) is 5.63. The van der Waals surface area contributed by atoms with Crippen molar-refractivity contribution < 1.29 is 8.42 Å². The van der Waals surface area contributed by atoms with Crippen molar-refractivity contribution in [1.29, 1.82) is 5.26 Å². The molecule has 5 heteroatoms. The van der Waals surface area contributed by atoms with E-state index in [0.717, 1.165) is 0 Å². The van der Waals surface area contributed by atoms with E-state index in [9.17, 15) is 8.42 Å². The highest BCUT2D eigenvalue weighted by molar-refractivity contribution is 7.89. The lowest BCUT2D eigenvalue weighted by molar-refractivity contribution is 0.342. The minimum Gasteiger partial charge on any atom is -0.212 e. The van der Waals surface area contributed by atoms with Crippen molar-refractivity contribution in [3.05, 3.63) is 0 Å². The molecule has 74 valence electrons. The molecule has 1 aliphatic heterocycles. The van der Waals surface area contributed by atoms with Crippen molar-refractivity contribution in [2.75, 3.05) is 12.3 Å². The molecular weight excluding hydrogens is 188 g/mol. The molecule has 0 bridgehead atoms. The summed E-state index contributed by atoms with van der Waals surface area (Å²) in [6.07, 6.45) is 0.270. The van der Waals surface area contributed by atoms with E-state index < -0.39 is 10.0 Å². The third-order valence-electron chi connectivity index (χ3n) is 2.22. The van der Waals surface area contributed by atoms with Crippen LogP contribution in [0.4, 0.5) is 0 Å². The van der Waals surface area contributed by atoms with Crippen LogP contribution >= 0.6 is 0 Å². The van der Waals surface area contributed by atoms with Crippen molar-refractivity contribution in [2.24, 2.45) is 5.92 Å². The van der Waals surface area contributed by atoms with Crippen LogP contribution in [0.25, 0.3) is 0 Å². The molecule has 0 aromatic rings. The van der Waals surface area contributed by atoms with Crippen molar-refractivity contribution in [3.8, 4) is 6.07 Å². The summed E-state index contributed by atoms with van der Waals surface area (Å²) in [7, 11) is -3.08. The monoisotopic (exact) mass is 202 g/mol. The number of hydrogen-bond donors (Lipinski definition) is 0. The minimum atomic E-state index is -3.08. The SMILES string of the molecule is CC1CN(C(C)CC#N)S(=O)(=O)C1. The van der Waals surface area contributed by atoms with Gasteiger partial charge >= 0.3 is 0 Å². The second kappa shape index (κ2) is 3.64. The molecule has 0 aliphatic carbocycles. The lowest BCUT2D eigenvalue weighted by Gasteiger charge is -2.20. The molecule has 1 heterocycles. The van der Waals surface area contributed by atoms with Gasteiger partial charge in [0.05, 0.1) is 18.2 Å². The Bertz CT molecular complexity index is 318. The van der Waals surface area contributed by atoms with Crippen LogP contribution in [0.3, 0.4) is 0 Å². The normalized spacial score (nSPS) is 29.8. The summed E-state index contributed by atoms with van der Waals surface area (Å²) < 4.78 is 24.5. The molecule has 1 fully saturated rings. The molecule has 0 radical (unpaired) electrons. The highest BCUT2D eigenvalue weighted by atomic mass is 32.2. The summed E-state index contributed by atoms with van der Waals surface area (Å²) in [4.78, 5) is 0. The maximum absolute atomic E-state index is 11.5. The van der Waals surface area contributed by atoms with Crippen LogP contribution in [-0.4, -0.2) is 31.1 Å². The average Bonchev–Trinajstić information content (AvgIpc) is 2.24. The van der Waals surface area contributed by atoms with Crippen molar-refractivity contribution in [1.82, 2.24) is 4.31 Å². The number of rotatable bonds is 2. The number of sulfonamides is 1. The molecule has 1 aliphatic rings. The van der Waals surface area contributed by atoms with Crippen molar-refractivity contribution >= 4 is 10.0 Å². The molecule has 0 N–H and O–H groups in total. The summed E-state index contributed by atoms with van der Waals surface area (Å²) in [5, 5.41) is 8.46. The van der Waals surface area contributed by atoms with Crippen LogP contribution in [0.1, 0.15) is 20.3 Å². The topological polar surface area (TPSA) is 61.2 Å². The fraction of sp³-hybridized carbons (Fsp3) is 0.875. The standard InChI is InChI=1S/C8H14N2O2S/c1-7-5-10(8(2)3-4-9)13(11,12)6-7/h7-8H,3,5-6H2,1-2H3. The Morgan fingerprint density at radius 3 is 2.69 bits per heavy atom. The molecule has 13 heavy (non-hydrogen) atoms. The van der Waals surface area contributed by atoms with Gasteiger partial charge in [-0.2, -0.15) is 9.57 Å². The van der Waals surface area contributed by atoms with Gasteiger partial charge in [-0.05, 0) is 12.8 Å². The summed E-state index contributed by atoms with van der Waals surface area (Å²) in [6.45, 7) is 4.25. The van der Waals surface area contributed by atoms with Crippen molar-refractivity contribution in [3.63, 3.8) is 0 Å². The highest BCUT2D eigenvalue weighted by Gasteiger charge is 2.36. The fourth-order valence-corrected chi connectivity index (χ4v) is 3.74. The van der Waals surface area contributed by atoms with Crippen LogP contribution in [0.2, 0.25) is 0 Å². The van der Waals surface area contributed by atoms with Gasteiger partial charge in [-0.1, -0.05) is 6.92 Å². The molecule has 2 unspecified atom stereocenters. The third kappa shape index (κ3) is 2.20. The first kappa shape index (κ1) is 10.5. The van der Waals surface area contributed by atoms with Gasteiger partial charge in [0.25, 0.3) is 0 Å². The molecule has 4 nitrogen and oxygen atoms in total. The van der Waals surface area contributed by atoms with E-state index in [4.69, 9.17) is 5.26 Å². The van der Waals surface area contributed by atoms with Crippen LogP contribution < -0.4 is 0 Å². The summed E-state index contributed by atoms with van der Waals surface area (Å²) in [5.74, 6) is 0.411. The summed E-state index contributed by atoms with van der Waals surface area (Å²) >= 11 is 0. The minimum absolute atomic E-state index is 0.181. The van der Waals surface area contributed by atoms with Gasteiger partial charge in [0, 0.05) is 12.6 Å². The maximum atomic E-state index is 11.5. The van der Waals surface area contributed by atoms with E-state index in [2.05, 4.69) is 0 Å². The Morgan fingerprint density at radius 1 is 1.69 bits per heavy atom. The van der Waals surface area contributed by atoms with Crippen LogP contribution in [-0.2, 0) is 10.0 Å². The smallest absolute Gasteiger partial charge is 0.212 e. The van der Waals surface area contributed by atoms with E-state index in [1.54, 1.807) is 6.92 Å². The van der Waals surface area contributed by atoms with Crippen LogP contribution in [0, 0.1) is 17.2 Å². The molecule has 2 atom stereocenters. The average molecular weight is 202 g/mol. The molecule has 0 amide bonds. The predicted molar refractivity (Wildman–Crippen MR) is 49.3 cm³/mol. The zero-order valence-corrected chi connectivity index (χ0v) is 8.71. The van der Waals surface area contributed by atoms with Gasteiger partial charge in [-0.25, -0.2) is 8.42 Å². The van der Waals surface area contributed by atoms with E-state index in [1.165, 1.54) is 4.31 Å². The number of nitriles is 1. The highest BCUT2D eigenvalue weighted by Crippen LogP contribution is 2.22. The predicted octanol–water partition coefficient (Wildman–Crippen LogP) is 0.570. The lowest BCUT2D eigenvalue weighted by Crippen LogP contribution is -2.34. The Balaban J connectivity index is 2.77. The molecule has 0 spiro atoms. The molecule has 1 rings (SSSR count). The van der Waals surface area contributed by atoms with E-state index in [0.29, 0.717) is 6.54 Å². The summed E-state index contributed by atoms with van der Waals surface area (Å²) in [6, 6.07) is 1.81. The first-order chi connectivity index (χ1) is 5.97. The van der Waals surface area contributed by atoms with Gasteiger partial charge in [0.2, 0.25) is 10.0 Å². The molecular formula is C8H14N2O2S. The second-order valence-electron chi connectivity index (χ2n) is 3.66. The number of nitrogens with zero attached hydrogens (tertiary/aromatic N) is 2. The van der Waals surface area contributed by atoms with E-state index in [1.807, 2.05) is 13.0 Å². The first-order valence-electron chi connectivity index (χ1n) is 4.34. The zero-order chi connectivity index (χ0) is 10.1. The van der Waals surface area contributed by atoms with E-state index >= 15 is 0 Å². The molecule has 0 aromatic heterocycles. The fourth-order valence-electron chi connectivity index (χ4n) is 1.62. The summed E-state index contributed by atoms with van der Waals surface area (Å²) in [5.41, 5.74) is 0. The van der Waals surface area contributed by atoms with Gasteiger partial charge in [0.15, 0.2) is 0 Å². The zero-order valence-electron chi connectivity index (χ0n) is 7.90. The Hall–Kier alpha value is -0.600. The largest absolute Gasteiger partial charge is 0.214 e. The van der Waals surface area contributed by atoms with Gasteiger partial charge in [-0.3, -0.25) is 0 Å². The lowest BCUT2D eigenvalue weighted by atomic mass is 10.2. The van der Waals surface area contributed by atoms with Crippen LogP contribution in [0.15, 0.2) is 0 Å². The van der Waals surface area contributed by atoms with Gasteiger partial charge in [-0.15, -0.1) is 0 Å². The Kier molecular flexibility index (Phi) is 2.94. The van der Waals surface area contributed by atoms with Crippen LogP contribution in [0.5, 0.6) is 0 Å².